The van der Waals surface area contributed by atoms with Gasteiger partial charge in [0.25, 0.3) is 0 Å². The number of benzene rings is 1. The zero-order valence-corrected chi connectivity index (χ0v) is 7.98. The van der Waals surface area contributed by atoms with E-state index in [0.717, 1.165) is 5.56 Å². The van der Waals surface area contributed by atoms with E-state index < -0.39 is 0 Å². The van der Waals surface area contributed by atoms with Gasteiger partial charge in [-0.25, -0.2) is 0 Å². The summed E-state index contributed by atoms with van der Waals surface area (Å²) in [4.78, 5) is 1.61. The van der Waals surface area contributed by atoms with Crippen molar-refractivity contribution in [2.75, 3.05) is 6.61 Å². The van der Waals surface area contributed by atoms with Gasteiger partial charge in [-0.1, -0.05) is 36.9 Å². The molecule has 0 spiro atoms. The first-order valence-electron chi connectivity index (χ1n) is 4.37. The molecule has 0 atom stereocenters. The fraction of sp³-hybridized carbons (Fsp3) is 0.182. The molecule has 1 rings (SSSR count). The molecule has 2 N–H and O–H groups in total. The summed E-state index contributed by atoms with van der Waals surface area (Å²) >= 11 is 0. The Kier molecular flexibility index (Phi) is 3.88. The highest BCUT2D eigenvalue weighted by Crippen LogP contribution is 2.06. The Morgan fingerprint density at radius 3 is 2.57 bits per heavy atom. The van der Waals surface area contributed by atoms with Crippen molar-refractivity contribution in [3.8, 4) is 0 Å². The summed E-state index contributed by atoms with van der Waals surface area (Å²) in [5.41, 5.74) is 1.62. The number of rotatable bonds is 5. The van der Waals surface area contributed by atoms with E-state index in [0.29, 0.717) is 12.2 Å². The van der Waals surface area contributed by atoms with Gasteiger partial charge >= 0.3 is 0 Å². The van der Waals surface area contributed by atoms with Crippen LogP contribution in [0.3, 0.4) is 0 Å². The van der Waals surface area contributed by atoms with Crippen molar-refractivity contribution in [3.63, 3.8) is 0 Å². The Morgan fingerprint density at radius 2 is 2.07 bits per heavy atom. The van der Waals surface area contributed by atoms with Gasteiger partial charge in [0, 0.05) is 12.2 Å². The minimum atomic E-state index is -0.123. The van der Waals surface area contributed by atoms with Crippen LogP contribution in [0.1, 0.15) is 5.56 Å². The summed E-state index contributed by atoms with van der Waals surface area (Å²) in [6.45, 7) is 4.12. The highest BCUT2D eigenvalue weighted by Gasteiger charge is 2.03. The Balaban J connectivity index is 2.66. The molecular weight excluding hydrogens is 176 g/mol. The van der Waals surface area contributed by atoms with Crippen molar-refractivity contribution in [3.05, 3.63) is 48.2 Å². The Hall–Kier alpha value is -1.61. The third-order valence-electron chi connectivity index (χ3n) is 1.94. The number of nitrogens with zero attached hydrogens (tertiary/aromatic N) is 1. The maximum Gasteiger partial charge on any atom is 0.0863 e. The minimum Gasteiger partial charge on any atom is -0.390 e. The van der Waals surface area contributed by atoms with Gasteiger partial charge < -0.3 is 10.0 Å². The van der Waals surface area contributed by atoms with Gasteiger partial charge in [-0.05, 0) is 5.56 Å². The Bertz CT molecular complexity index is 308. The summed E-state index contributed by atoms with van der Waals surface area (Å²) in [5.74, 6) is 0. The number of aliphatic hydroxyl groups is 1. The van der Waals surface area contributed by atoms with Crippen LogP contribution in [0.2, 0.25) is 0 Å². The lowest BCUT2D eigenvalue weighted by Crippen LogP contribution is -2.21. The third-order valence-corrected chi connectivity index (χ3v) is 1.94. The fourth-order valence-electron chi connectivity index (χ4n) is 1.12. The molecule has 0 saturated carbocycles. The van der Waals surface area contributed by atoms with Crippen LogP contribution in [0, 0.1) is 5.41 Å². The molecule has 1 aromatic rings. The van der Waals surface area contributed by atoms with E-state index in [2.05, 4.69) is 6.58 Å². The second-order valence-electron chi connectivity index (χ2n) is 2.97. The zero-order chi connectivity index (χ0) is 10.4. The van der Waals surface area contributed by atoms with E-state index in [-0.39, 0.29) is 6.61 Å². The number of nitrogens with one attached hydrogen (secondary N) is 1. The van der Waals surface area contributed by atoms with Crippen molar-refractivity contribution in [1.82, 2.24) is 4.90 Å². The van der Waals surface area contributed by atoms with Crippen LogP contribution in [0.5, 0.6) is 0 Å². The molecule has 0 radical (unpaired) electrons. The van der Waals surface area contributed by atoms with Gasteiger partial charge in [0.15, 0.2) is 0 Å². The van der Waals surface area contributed by atoms with Crippen LogP contribution >= 0.6 is 0 Å². The van der Waals surface area contributed by atoms with Crippen molar-refractivity contribution in [2.24, 2.45) is 0 Å². The van der Waals surface area contributed by atoms with E-state index >= 15 is 0 Å². The van der Waals surface area contributed by atoms with E-state index in [1.54, 1.807) is 4.90 Å². The molecule has 0 aliphatic rings. The average molecular weight is 190 g/mol. The molecule has 0 amide bonds. The second-order valence-corrected chi connectivity index (χ2v) is 2.97. The van der Waals surface area contributed by atoms with Crippen LogP contribution in [-0.2, 0) is 6.54 Å². The standard InChI is InChI=1S/C11H14N2O/c1-10(8-14)13(9-12)7-11-5-3-2-4-6-11/h2-6,9,12,14H,1,7-8H2. The molecule has 1 aromatic carbocycles. The molecule has 0 unspecified atom stereocenters. The van der Waals surface area contributed by atoms with Crippen LogP contribution in [0.25, 0.3) is 0 Å². The normalized spacial score (nSPS) is 9.50. The predicted octanol–water partition coefficient (Wildman–Crippen LogP) is 1.60. The summed E-state index contributed by atoms with van der Waals surface area (Å²) in [7, 11) is 0. The molecule has 0 aliphatic heterocycles. The quantitative estimate of drug-likeness (QED) is 0.547. The Labute approximate surface area is 83.8 Å². The van der Waals surface area contributed by atoms with Crippen molar-refractivity contribution < 1.29 is 5.11 Å². The summed E-state index contributed by atoms with van der Waals surface area (Å²) < 4.78 is 0. The summed E-state index contributed by atoms with van der Waals surface area (Å²) in [5, 5.41) is 16.0. The molecule has 0 fully saturated rings. The molecule has 14 heavy (non-hydrogen) atoms. The largest absolute Gasteiger partial charge is 0.390 e. The van der Waals surface area contributed by atoms with Crippen LogP contribution < -0.4 is 0 Å². The number of aliphatic hydroxyl groups excluding tert-OH is 1. The number of hydrogen-bond donors (Lipinski definition) is 2. The first kappa shape index (κ1) is 10.5. The first-order chi connectivity index (χ1) is 6.77. The van der Waals surface area contributed by atoms with E-state index in [9.17, 15) is 0 Å². The highest BCUT2D eigenvalue weighted by molar-refractivity contribution is 5.54. The van der Waals surface area contributed by atoms with Gasteiger partial charge in [0.05, 0.1) is 12.9 Å². The van der Waals surface area contributed by atoms with Gasteiger partial charge in [0.1, 0.15) is 0 Å². The fourth-order valence-corrected chi connectivity index (χ4v) is 1.12. The molecule has 0 bridgehead atoms. The van der Waals surface area contributed by atoms with E-state index in [1.807, 2.05) is 30.3 Å². The highest BCUT2D eigenvalue weighted by atomic mass is 16.3. The molecule has 0 aliphatic carbocycles. The lowest BCUT2D eigenvalue weighted by molar-refractivity contribution is 0.295. The van der Waals surface area contributed by atoms with Crippen molar-refractivity contribution in [1.29, 1.82) is 5.41 Å². The maximum absolute atomic E-state index is 8.87. The minimum absolute atomic E-state index is 0.123. The zero-order valence-electron chi connectivity index (χ0n) is 7.98. The molecular formula is C11H14N2O. The molecule has 0 heterocycles. The molecule has 0 saturated heterocycles. The summed E-state index contributed by atoms with van der Waals surface area (Å²) in [6.07, 6.45) is 1.17. The van der Waals surface area contributed by atoms with Crippen LogP contribution in [-0.4, -0.2) is 23.0 Å². The monoisotopic (exact) mass is 190 g/mol. The Morgan fingerprint density at radius 1 is 1.43 bits per heavy atom. The molecule has 0 aromatic heterocycles. The topological polar surface area (TPSA) is 47.3 Å². The second kappa shape index (κ2) is 5.19. The maximum atomic E-state index is 8.87. The van der Waals surface area contributed by atoms with Crippen LogP contribution in [0.4, 0.5) is 0 Å². The SMILES string of the molecule is C=C(CO)N(C=N)Cc1ccccc1. The average Bonchev–Trinajstić information content (AvgIpc) is 2.26. The van der Waals surface area contributed by atoms with Gasteiger partial charge in [-0.15, -0.1) is 0 Å². The van der Waals surface area contributed by atoms with Gasteiger partial charge in [-0.3, -0.25) is 5.41 Å². The smallest absolute Gasteiger partial charge is 0.0863 e. The summed E-state index contributed by atoms with van der Waals surface area (Å²) in [6, 6.07) is 9.78. The predicted molar refractivity (Wildman–Crippen MR) is 57.0 cm³/mol. The third kappa shape index (κ3) is 2.71. The molecule has 3 nitrogen and oxygen atoms in total. The van der Waals surface area contributed by atoms with E-state index in [4.69, 9.17) is 10.5 Å². The number of hydrogen-bond acceptors (Lipinski definition) is 2. The molecule has 74 valence electrons. The van der Waals surface area contributed by atoms with Gasteiger partial charge in [0.2, 0.25) is 0 Å². The lowest BCUT2D eigenvalue weighted by atomic mass is 10.2. The van der Waals surface area contributed by atoms with Crippen molar-refractivity contribution >= 4 is 6.34 Å². The van der Waals surface area contributed by atoms with E-state index in [1.165, 1.54) is 6.34 Å². The first-order valence-corrected chi connectivity index (χ1v) is 4.37. The lowest BCUT2D eigenvalue weighted by Gasteiger charge is -2.19. The molecule has 3 heteroatoms. The van der Waals surface area contributed by atoms with Crippen LogP contribution in [0.15, 0.2) is 42.6 Å². The van der Waals surface area contributed by atoms with Gasteiger partial charge in [-0.2, -0.15) is 0 Å². The van der Waals surface area contributed by atoms with Crippen molar-refractivity contribution in [2.45, 2.75) is 6.54 Å².